The largest absolute Gasteiger partial charge is 0.342 e. The van der Waals surface area contributed by atoms with Crippen LogP contribution in [0.25, 0.3) is 11.4 Å². The fraction of sp³-hybridized carbons (Fsp3) is 0.360. The molecule has 0 bridgehead atoms. The number of hydrogen-bond acceptors (Lipinski definition) is 6. The third kappa shape index (κ3) is 5.63. The molecule has 8 heteroatoms. The summed E-state index contributed by atoms with van der Waals surface area (Å²) in [6, 6.07) is 14.7. The summed E-state index contributed by atoms with van der Waals surface area (Å²) in [7, 11) is 0. The van der Waals surface area contributed by atoms with Crippen molar-refractivity contribution in [1.29, 1.82) is 0 Å². The van der Waals surface area contributed by atoms with Crippen LogP contribution in [0, 0.1) is 0 Å². The van der Waals surface area contributed by atoms with E-state index in [1.165, 1.54) is 11.8 Å². The molecule has 0 unspecified atom stereocenters. The van der Waals surface area contributed by atoms with Crippen LogP contribution in [0.4, 0.5) is 5.69 Å². The van der Waals surface area contributed by atoms with Gasteiger partial charge in [-0.15, -0.1) is 11.8 Å². The van der Waals surface area contributed by atoms with E-state index in [1.54, 1.807) is 6.07 Å². The third-order valence-corrected chi connectivity index (χ3v) is 6.47. The van der Waals surface area contributed by atoms with E-state index >= 15 is 0 Å². The number of nitrogens with zero attached hydrogens (tertiary/aromatic N) is 3. The van der Waals surface area contributed by atoms with Gasteiger partial charge in [0.25, 0.3) is 5.91 Å². The second-order valence-electron chi connectivity index (χ2n) is 9.08. The van der Waals surface area contributed by atoms with Crippen LogP contribution in [0.5, 0.6) is 0 Å². The number of amides is 2. The zero-order valence-electron chi connectivity index (χ0n) is 19.1. The predicted molar refractivity (Wildman–Crippen MR) is 129 cm³/mol. The van der Waals surface area contributed by atoms with E-state index < -0.39 is 0 Å². The van der Waals surface area contributed by atoms with Crippen LogP contribution in [0.1, 0.15) is 49.9 Å². The highest BCUT2D eigenvalue weighted by molar-refractivity contribution is 8.00. The number of carbonyl (C=O) groups excluding carboxylic acids is 2. The van der Waals surface area contributed by atoms with Gasteiger partial charge in [-0.25, -0.2) is 0 Å². The van der Waals surface area contributed by atoms with E-state index in [0.29, 0.717) is 28.7 Å². The number of anilines is 1. The van der Waals surface area contributed by atoms with E-state index in [2.05, 4.69) is 15.5 Å². The number of hydrogen-bond donors (Lipinski definition) is 1. The Morgan fingerprint density at radius 3 is 2.42 bits per heavy atom. The maximum Gasteiger partial charge on any atom is 0.256 e. The van der Waals surface area contributed by atoms with Gasteiger partial charge >= 0.3 is 0 Å². The van der Waals surface area contributed by atoms with Crippen molar-refractivity contribution in [2.24, 2.45) is 0 Å². The van der Waals surface area contributed by atoms with Crippen LogP contribution in [0.15, 0.2) is 57.9 Å². The van der Waals surface area contributed by atoms with Crippen molar-refractivity contribution in [2.45, 2.75) is 43.9 Å². The summed E-state index contributed by atoms with van der Waals surface area (Å²) < 4.78 is 5.36. The van der Waals surface area contributed by atoms with Crippen LogP contribution < -0.4 is 5.32 Å². The Bertz CT molecular complexity index is 1130. The van der Waals surface area contributed by atoms with Gasteiger partial charge in [0.1, 0.15) is 0 Å². The number of benzene rings is 2. The molecule has 1 N–H and O–H groups in total. The van der Waals surface area contributed by atoms with Gasteiger partial charge in [-0.1, -0.05) is 38.1 Å². The van der Waals surface area contributed by atoms with Crippen LogP contribution in [0.2, 0.25) is 0 Å². The first kappa shape index (κ1) is 23.0. The Kier molecular flexibility index (Phi) is 6.83. The first-order valence-corrected chi connectivity index (χ1v) is 12.1. The zero-order chi connectivity index (χ0) is 23.4. The average Bonchev–Trinajstić information content (AvgIpc) is 3.50. The minimum Gasteiger partial charge on any atom is -0.342 e. The lowest BCUT2D eigenvalue weighted by molar-refractivity contribution is -0.127. The molecule has 33 heavy (non-hydrogen) atoms. The van der Waals surface area contributed by atoms with Crippen molar-refractivity contribution in [3.8, 4) is 11.4 Å². The van der Waals surface area contributed by atoms with E-state index in [1.807, 2.05) is 68.1 Å². The van der Waals surface area contributed by atoms with Crippen molar-refractivity contribution >= 4 is 29.3 Å². The molecule has 1 aliphatic rings. The highest BCUT2D eigenvalue weighted by atomic mass is 32.2. The standard InChI is InChI=1S/C25H28N4O3S/c1-25(2,3)24-27-22(28-32-24)17-10-12-18(13-11-17)26-23(31)19-8-4-5-9-20(19)33-16-21(30)29-14-6-7-15-29/h4-5,8-13H,6-7,14-16H2,1-3H3,(H,26,31). The van der Waals surface area contributed by atoms with Gasteiger partial charge in [-0.05, 0) is 49.2 Å². The summed E-state index contributed by atoms with van der Waals surface area (Å²) in [5.41, 5.74) is 1.80. The molecule has 172 valence electrons. The molecule has 3 aromatic rings. The molecule has 0 saturated carbocycles. The molecule has 1 aromatic heterocycles. The smallest absolute Gasteiger partial charge is 0.256 e. The molecule has 0 aliphatic carbocycles. The summed E-state index contributed by atoms with van der Waals surface area (Å²) in [6.07, 6.45) is 2.14. The van der Waals surface area contributed by atoms with Crippen molar-refractivity contribution in [2.75, 3.05) is 24.2 Å². The monoisotopic (exact) mass is 464 g/mol. The molecule has 1 saturated heterocycles. The van der Waals surface area contributed by atoms with E-state index in [0.717, 1.165) is 36.4 Å². The summed E-state index contributed by atoms with van der Waals surface area (Å²) in [5.74, 6) is 1.34. The first-order chi connectivity index (χ1) is 15.8. The SMILES string of the molecule is CC(C)(C)c1nc(-c2ccc(NC(=O)c3ccccc3SCC(=O)N3CCCC3)cc2)no1. The molecule has 2 aromatic carbocycles. The fourth-order valence-corrected chi connectivity index (χ4v) is 4.48. The highest BCUT2D eigenvalue weighted by Gasteiger charge is 2.22. The molecule has 0 spiro atoms. The highest BCUT2D eigenvalue weighted by Crippen LogP contribution is 2.27. The summed E-state index contributed by atoms with van der Waals surface area (Å²) in [5, 5.41) is 7.00. The summed E-state index contributed by atoms with van der Waals surface area (Å²) >= 11 is 1.41. The minimum absolute atomic E-state index is 0.124. The van der Waals surface area contributed by atoms with Gasteiger partial charge < -0.3 is 14.7 Å². The molecule has 4 rings (SSSR count). The van der Waals surface area contributed by atoms with Crippen LogP contribution in [-0.4, -0.2) is 45.7 Å². The van der Waals surface area contributed by atoms with Crippen molar-refractivity contribution in [3.63, 3.8) is 0 Å². The number of nitrogens with one attached hydrogen (secondary N) is 1. The molecular weight excluding hydrogens is 436 g/mol. The third-order valence-electron chi connectivity index (χ3n) is 5.41. The number of rotatable bonds is 6. The number of carbonyl (C=O) groups is 2. The van der Waals surface area contributed by atoms with Gasteiger partial charge in [0.05, 0.1) is 11.3 Å². The fourth-order valence-electron chi connectivity index (χ4n) is 3.52. The summed E-state index contributed by atoms with van der Waals surface area (Å²) in [6.45, 7) is 7.71. The van der Waals surface area contributed by atoms with Crippen LogP contribution >= 0.6 is 11.8 Å². The number of aromatic nitrogens is 2. The van der Waals surface area contributed by atoms with Crippen molar-refractivity contribution < 1.29 is 14.1 Å². The molecule has 1 fully saturated rings. The molecular formula is C25H28N4O3S. The molecule has 2 amide bonds. The Hall–Kier alpha value is -3.13. The molecule has 1 aliphatic heterocycles. The topological polar surface area (TPSA) is 88.3 Å². The Labute approximate surface area is 197 Å². The molecule has 2 heterocycles. The van der Waals surface area contributed by atoms with Gasteiger partial charge in [-0.3, -0.25) is 9.59 Å². The van der Waals surface area contributed by atoms with Crippen LogP contribution in [-0.2, 0) is 10.2 Å². The predicted octanol–water partition coefficient (Wildman–Crippen LogP) is 5.00. The van der Waals surface area contributed by atoms with Gasteiger partial charge in [0.2, 0.25) is 17.6 Å². The van der Waals surface area contributed by atoms with Crippen LogP contribution in [0.3, 0.4) is 0 Å². The first-order valence-electron chi connectivity index (χ1n) is 11.1. The molecule has 0 radical (unpaired) electrons. The van der Waals surface area contributed by atoms with E-state index in [9.17, 15) is 9.59 Å². The Morgan fingerprint density at radius 2 is 1.76 bits per heavy atom. The van der Waals surface area contributed by atoms with Gasteiger partial charge in [0, 0.05) is 34.7 Å². The average molecular weight is 465 g/mol. The quantitative estimate of drug-likeness (QED) is 0.517. The lowest BCUT2D eigenvalue weighted by atomic mass is 9.97. The normalized spacial score (nSPS) is 13.8. The number of likely N-dealkylation sites (tertiary alicyclic amines) is 1. The van der Waals surface area contributed by atoms with E-state index in [4.69, 9.17) is 4.52 Å². The maximum absolute atomic E-state index is 12.9. The van der Waals surface area contributed by atoms with E-state index in [-0.39, 0.29) is 17.2 Å². The van der Waals surface area contributed by atoms with Gasteiger partial charge in [-0.2, -0.15) is 4.98 Å². The summed E-state index contributed by atoms with van der Waals surface area (Å²) in [4.78, 5) is 32.5. The lowest BCUT2D eigenvalue weighted by Gasteiger charge is -2.15. The maximum atomic E-state index is 12.9. The second-order valence-corrected chi connectivity index (χ2v) is 10.1. The molecule has 7 nitrogen and oxygen atoms in total. The van der Waals surface area contributed by atoms with Crippen molar-refractivity contribution in [3.05, 3.63) is 60.0 Å². The second kappa shape index (κ2) is 9.79. The number of thioether (sulfide) groups is 1. The molecule has 0 atom stereocenters. The zero-order valence-corrected chi connectivity index (χ0v) is 19.9. The van der Waals surface area contributed by atoms with Gasteiger partial charge in [0.15, 0.2) is 0 Å². The lowest BCUT2D eigenvalue weighted by Crippen LogP contribution is -2.29. The van der Waals surface area contributed by atoms with Crippen molar-refractivity contribution in [1.82, 2.24) is 15.0 Å². The Balaban J connectivity index is 1.41. The Morgan fingerprint density at radius 1 is 1.06 bits per heavy atom. The minimum atomic E-state index is -0.219.